The van der Waals surface area contributed by atoms with Crippen LogP contribution in [0.15, 0.2) is 18.2 Å². The molecule has 1 aliphatic heterocycles. The second-order valence-corrected chi connectivity index (χ2v) is 8.44. The van der Waals surface area contributed by atoms with Crippen molar-refractivity contribution in [3.8, 4) is 0 Å². The molecule has 0 radical (unpaired) electrons. The normalized spacial score (nSPS) is 17.2. The number of amides is 1. The Morgan fingerprint density at radius 1 is 1.29 bits per heavy atom. The highest BCUT2D eigenvalue weighted by Crippen LogP contribution is 2.23. The van der Waals surface area contributed by atoms with Gasteiger partial charge in [0.2, 0.25) is 5.91 Å². The van der Waals surface area contributed by atoms with Gasteiger partial charge >= 0.3 is 5.97 Å². The first kappa shape index (κ1) is 18.4. The number of carboxylic acids is 1. The van der Waals surface area contributed by atoms with Gasteiger partial charge < -0.3 is 15.2 Å². The Hall–Kier alpha value is -1.93. The third-order valence-electron chi connectivity index (χ3n) is 4.16. The van der Waals surface area contributed by atoms with E-state index >= 15 is 0 Å². The van der Waals surface area contributed by atoms with Gasteiger partial charge in [-0.2, -0.15) is 0 Å². The van der Waals surface area contributed by atoms with Crippen molar-refractivity contribution < 1.29 is 27.9 Å². The molecule has 0 bridgehead atoms. The van der Waals surface area contributed by atoms with E-state index in [0.29, 0.717) is 26.1 Å². The van der Waals surface area contributed by atoms with Crippen LogP contribution >= 0.6 is 0 Å². The Kier molecular flexibility index (Phi) is 5.61. The summed E-state index contributed by atoms with van der Waals surface area (Å²) in [7, 11) is -3.66. The number of anilines is 1. The Bertz CT molecular complexity index is 737. The van der Waals surface area contributed by atoms with E-state index in [9.17, 15) is 23.1 Å². The predicted molar refractivity (Wildman–Crippen MR) is 89.0 cm³/mol. The molecule has 8 heteroatoms. The molecule has 1 heterocycles. The number of aromatic carboxylic acids is 1. The van der Waals surface area contributed by atoms with E-state index in [0.717, 1.165) is 5.56 Å². The molecule has 2 rings (SSSR count). The first-order valence-corrected chi connectivity index (χ1v) is 9.29. The molecule has 0 saturated carbocycles. The fourth-order valence-corrected chi connectivity index (χ4v) is 4.40. The summed E-state index contributed by atoms with van der Waals surface area (Å²) in [5.74, 6) is -1.92. The number of carbonyl (C=O) groups excluding carboxylic acids is 1. The average Bonchev–Trinajstić information content (AvgIpc) is 2.56. The van der Waals surface area contributed by atoms with Gasteiger partial charge in [-0.3, -0.25) is 4.79 Å². The lowest BCUT2D eigenvalue weighted by molar-refractivity contribution is -0.115. The summed E-state index contributed by atoms with van der Waals surface area (Å²) in [5.41, 5.74) is 0.749. The zero-order chi connectivity index (χ0) is 17.9. The maximum absolute atomic E-state index is 12.6. The molecule has 2 N–H and O–H groups in total. The molecule has 1 saturated heterocycles. The maximum Gasteiger partial charge on any atom is 0.337 e. The van der Waals surface area contributed by atoms with Crippen LogP contribution in [0.4, 0.5) is 5.69 Å². The molecular weight excluding hydrogens is 334 g/mol. The van der Waals surface area contributed by atoms with E-state index in [-0.39, 0.29) is 11.3 Å². The summed E-state index contributed by atoms with van der Waals surface area (Å²) in [5, 5.41) is 9.79. The van der Waals surface area contributed by atoms with Gasteiger partial charge in [0, 0.05) is 13.2 Å². The number of benzene rings is 1. The third kappa shape index (κ3) is 3.93. The molecule has 1 fully saturated rings. The number of carbonyl (C=O) groups is 2. The third-order valence-corrected chi connectivity index (χ3v) is 6.76. The van der Waals surface area contributed by atoms with Gasteiger partial charge in [0.1, 0.15) is 5.25 Å². The van der Waals surface area contributed by atoms with Crippen molar-refractivity contribution in [3.05, 3.63) is 29.3 Å². The monoisotopic (exact) mass is 355 g/mol. The van der Waals surface area contributed by atoms with Crippen molar-refractivity contribution in [1.82, 2.24) is 0 Å². The molecule has 1 unspecified atom stereocenters. The second kappa shape index (κ2) is 7.31. The molecule has 0 aliphatic carbocycles. The van der Waals surface area contributed by atoms with Gasteiger partial charge in [-0.1, -0.05) is 11.6 Å². The molecule has 24 heavy (non-hydrogen) atoms. The minimum Gasteiger partial charge on any atom is -0.478 e. The lowest BCUT2D eigenvalue weighted by Gasteiger charge is -2.25. The summed E-state index contributed by atoms with van der Waals surface area (Å²) in [6.45, 7) is 3.78. The van der Waals surface area contributed by atoms with E-state index in [1.165, 1.54) is 19.1 Å². The standard InChI is InChI=1S/C16H21NO6S/c1-10-3-4-14(13(9-10)16(19)20)17-15(18)11(2)24(21,22)12-5-7-23-8-6-12/h3-4,9,11-12H,5-8H2,1-2H3,(H,17,18)(H,19,20). The van der Waals surface area contributed by atoms with Crippen LogP contribution in [0.1, 0.15) is 35.7 Å². The largest absolute Gasteiger partial charge is 0.478 e. The van der Waals surface area contributed by atoms with Crippen LogP contribution in [0, 0.1) is 6.92 Å². The number of rotatable bonds is 5. The zero-order valence-electron chi connectivity index (χ0n) is 13.6. The molecule has 0 spiro atoms. The molecule has 1 aromatic rings. The van der Waals surface area contributed by atoms with Crippen molar-refractivity contribution in [2.24, 2.45) is 0 Å². The molecular formula is C16H21NO6S. The lowest BCUT2D eigenvalue weighted by atomic mass is 10.1. The van der Waals surface area contributed by atoms with Gasteiger partial charge in [0.25, 0.3) is 0 Å². The van der Waals surface area contributed by atoms with Gasteiger partial charge in [-0.25, -0.2) is 13.2 Å². The van der Waals surface area contributed by atoms with E-state index < -0.39 is 32.2 Å². The van der Waals surface area contributed by atoms with Gasteiger partial charge in [-0.05, 0) is 38.8 Å². The molecule has 1 aliphatic rings. The minimum absolute atomic E-state index is 0.0704. The highest BCUT2D eigenvalue weighted by Gasteiger charge is 2.36. The summed E-state index contributed by atoms with van der Waals surface area (Å²) in [4.78, 5) is 23.6. The van der Waals surface area contributed by atoms with Crippen molar-refractivity contribution in [2.45, 2.75) is 37.2 Å². The fourth-order valence-electron chi connectivity index (χ4n) is 2.62. The lowest BCUT2D eigenvalue weighted by Crippen LogP contribution is -2.41. The van der Waals surface area contributed by atoms with Gasteiger partial charge in [-0.15, -0.1) is 0 Å². The summed E-state index contributed by atoms with van der Waals surface area (Å²) < 4.78 is 30.3. The Morgan fingerprint density at radius 2 is 1.92 bits per heavy atom. The van der Waals surface area contributed by atoms with E-state index in [1.807, 2.05) is 0 Å². The first-order valence-electron chi connectivity index (χ1n) is 7.68. The summed E-state index contributed by atoms with van der Waals surface area (Å²) >= 11 is 0. The fraction of sp³-hybridized carbons (Fsp3) is 0.500. The first-order chi connectivity index (χ1) is 11.2. The van der Waals surface area contributed by atoms with E-state index in [4.69, 9.17) is 4.74 Å². The second-order valence-electron chi connectivity index (χ2n) is 5.89. The van der Waals surface area contributed by atoms with Gasteiger partial charge in [0.05, 0.1) is 16.5 Å². The smallest absolute Gasteiger partial charge is 0.337 e. The van der Waals surface area contributed by atoms with Crippen molar-refractivity contribution in [3.63, 3.8) is 0 Å². The zero-order valence-corrected chi connectivity index (χ0v) is 14.4. The molecule has 132 valence electrons. The van der Waals surface area contributed by atoms with Crippen LogP contribution in [-0.4, -0.2) is 49.1 Å². The average molecular weight is 355 g/mol. The van der Waals surface area contributed by atoms with Crippen LogP contribution in [0.5, 0.6) is 0 Å². The highest BCUT2D eigenvalue weighted by atomic mass is 32.2. The molecule has 1 aromatic carbocycles. The number of sulfone groups is 1. The van der Waals surface area contributed by atoms with Crippen LogP contribution in [0.3, 0.4) is 0 Å². The Morgan fingerprint density at radius 3 is 2.50 bits per heavy atom. The van der Waals surface area contributed by atoms with Crippen LogP contribution < -0.4 is 5.32 Å². The molecule has 7 nitrogen and oxygen atoms in total. The summed E-state index contributed by atoms with van der Waals surface area (Å²) in [6, 6.07) is 4.54. The van der Waals surface area contributed by atoms with E-state index in [2.05, 4.69) is 5.32 Å². The quantitative estimate of drug-likeness (QED) is 0.830. The SMILES string of the molecule is Cc1ccc(NC(=O)C(C)S(=O)(=O)C2CCOCC2)c(C(=O)O)c1. The van der Waals surface area contributed by atoms with Crippen molar-refractivity contribution >= 4 is 27.4 Å². The number of hydrogen-bond donors (Lipinski definition) is 2. The van der Waals surface area contributed by atoms with Crippen LogP contribution in [0.2, 0.25) is 0 Å². The highest BCUT2D eigenvalue weighted by molar-refractivity contribution is 7.93. The maximum atomic E-state index is 12.6. The molecule has 0 aromatic heterocycles. The number of aryl methyl sites for hydroxylation is 1. The number of hydrogen-bond acceptors (Lipinski definition) is 5. The Labute approximate surface area is 140 Å². The predicted octanol–water partition coefficient (Wildman–Crippen LogP) is 1.61. The molecule has 1 amide bonds. The van der Waals surface area contributed by atoms with Crippen LogP contribution in [0.25, 0.3) is 0 Å². The molecule has 1 atom stereocenters. The van der Waals surface area contributed by atoms with Crippen LogP contribution in [-0.2, 0) is 19.4 Å². The number of carboxylic acid groups (broad SMARTS) is 1. The number of ether oxygens (including phenoxy) is 1. The minimum atomic E-state index is -3.66. The summed E-state index contributed by atoms with van der Waals surface area (Å²) in [6.07, 6.45) is 0.732. The Balaban J connectivity index is 2.19. The van der Waals surface area contributed by atoms with E-state index in [1.54, 1.807) is 13.0 Å². The van der Waals surface area contributed by atoms with Crippen molar-refractivity contribution in [2.75, 3.05) is 18.5 Å². The topological polar surface area (TPSA) is 110 Å². The number of nitrogens with one attached hydrogen (secondary N) is 1. The van der Waals surface area contributed by atoms with Gasteiger partial charge in [0.15, 0.2) is 9.84 Å². The van der Waals surface area contributed by atoms with Crippen molar-refractivity contribution in [1.29, 1.82) is 0 Å².